The number of hydrogen-bond donors (Lipinski definition) is 1. The summed E-state index contributed by atoms with van der Waals surface area (Å²) in [4.78, 5) is 13.2. The Kier molecular flexibility index (Phi) is 9.23. The summed E-state index contributed by atoms with van der Waals surface area (Å²) < 4.78 is 29.2. The van der Waals surface area contributed by atoms with E-state index in [1.54, 1.807) is 0 Å². The molecular weight excluding hydrogens is 522 g/mol. The number of ether oxygens (including phenoxy) is 2. The van der Waals surface area contributed by atoms with Gasteiger partial charge in [0.2, 0.25) is 0 Å². The first-order valence-electron chi connectivity index (χ1n) is 13.5. The first kappa shape index (κ1) is 29.6. The molecule has 4 rings (SSSR count). The maximum atomic E-state index is 13.5. The maximum absolute atomic E-state index is 13.5. The number of fused-ring (bicyclic) bond motifs is 1. The first-order chi connectivity index (χ1) is 18.9. The molecule has 0 radical (unpaired) electrons. The van der Waals surface area contributed by atoms with Gasteiger partial charge in [-0.1, -0.05) is 72.8 Å². The molecule has 0 saturated carbocycles. The molecule has 212 valence electrons. The molecule has 0 fully saturated rings. The molecule has 1 N–H and O–H groups in total. The molecule has 3 aromatic carbocycles. The van der Waals surface area contributed by atoms with Gasteiger partial charge >= 0.3 is 6.09 Å². The molecule has 0 amide bonds. The lowest BCUT2D eigenvalue weighted by Crippen LogP contribution is -2.37. The summed E-state index contributed by atoms with van der Waals surface area (Å²) in [6, 6.07) is 25.1. The molecule has 40 heavy (non-hydrogen) atoms. The molecule has 0 aliphatic heterocycles. The van der Waals surface area contributed by atoms with Crippen molar-refractivity contribution < 1.29 is 18.5 Å². The molecule has 0 aliphatic carbocycles. The van der Waals surface area contributed by atoms with Crippen molar-refractivity contribution in [2.45, 2.75) is 71.0 Å². The third-order valence-electron chi connectivity index (χ3n) is 6.23. The monoisotopic (exact) mass is 561 g/mol. The van der Waals surface area contributed by atoms with E-state index in [0.29, 0.717) is 30.8 Å². The highest BCUT2D eigenvalue weighted by Gasteiger charge is 2.31. The molecule has 0 spiro atoms. The SMILES string of the molecule is CC(C)(C)OC(=O)n1nc([C@@H](N[S@](=O)C(C)(C)C)c2ccccc2CCOCc2ccccc2)c2ccccc21. The van der Waals surface area contributed by atoms with Crippen molar-refractivity contribution in [3.8, 4) is 0 Å². The molecule has 0 saturated heterocycles. The minimum atomic E-state index is -1.42. The standard InChI is InChI=1S/C32H39N3O4S/c1-31(2,3)39-30(36)35-27-19-13-12-18-26(27)28(33-35)29(34-40(37)32(4,5)6)25-17-11-10-16-24(25)20-21-38-22-23-14-8-7-9-15-23/h7-19,29,34H,20-22H2,1-6H3/t29-,40+/m0/s1. The van der Waals surface area contributed by atoms with Crippen molar-refractivity contribution >= 4 is 28.0 Å². The molecule has 0 bridgehead atoms. The number of carbonyl (C=O) groups excluding carboxylic acids is 1. The lowest BCUT2D eigenvalue weighted by molar-refractivity contribution is 0.0522. The molecule has 7 nitrogen and oxygen atoms in total. The predicted octanol–water partition coefficient (Wildman–Crippen LogP) is 6.72. The quantitative estimate of drug-likeness (QED) is 0.229. The lowest BCUT2D eigenvalue weighted by atomic mass is 9.95. The van der Waals surface area contributed by atoms with E-state index in [9.17, 15) is 9.00 Å². The predicted molar refractivity (Wildman–Crippen MR) is 160 cm³/mol. The van der Waals surface area contributed by atoms with Crippen LogP contribution in [0.25, 0.3) is 10.9 Å². The second kappa shape index (κ2) is 12.5. The van der Waals surface area contributed by atoms with Crippen LogP contribution in [0, 0.1) is 0 Å². The smallest absolute Gasteiger partial charge is 0.435 e. The fraction of sp³-hybridized carbons (Fsp3) is 0.375. The van der Waals surface area contributed by atoms with Crippen LogP contribution in [0.15, 0.2) is 78.9 Å². The van der Waals surface area contributed by atoms with Crippen molar-refractivity contribution in [1.29, 1.82) is 0 Å². The van der Waals surface area contributed by atoms with Gasteiger partial charge in [-0.3, -0.25) is 0 Å². The zero-order valence-corrected chi connectivity index (χ0v) is 25.0. The number of nitrogens with zero attached hydrogens (tertiary/aromatic N) is 2. The summed E-state index contributed by atoms with van der Waals surface area (Å²) >= 11 is 0. The molecular formula is C32H39N3O4S. The van der Waals surface area contributed by atoms with Gasteiger partial charge in [0.1, 0.15) is 5.60 Å². The van der Waals surface area contributed by atoms with E-state index in [1.807, 2.05) is 114 Å². The van der Waals surface area contributed by atoms with Crippen molar-refractivity contribution in [3.63, 3.8) is 0 Å². The zero-order chi connectivity index (χ0) is 28.9. The highest BCUT2D eigenvalue weighted by molar-refractivity contribution is 7.84. The Labute approximate surface area is 239 Å². The van der Waals surface area contributed by atoms with Crippen LogP contribution in [0.2, 0.25) is 0 Å². The van der Waals surface area contributed by atoms with E-state index in [2.05, 4.69) is 10.8 Å². The first-order valence-corrected chi connectivity index (χ1v) is 14.7. The summed E-state index contributed by atoms with van der Waals surface area (Å²) in [7, 11) is -1.42. The maximum Gasteiger partial charge on any atom is 0.435 e. The molecule has 1 aromatic heterocycles. The van der Waals surface area contributed by atoms with Gasteiger partial charge in [-0.2, -0.15) is 9.78 Å². The number of carbonyl (C=O) groups is 1. The normalized spacial score (nSPS) is 13.8. The number of hydrogen-bond acceptors (Lipinski definition) is 5. The van der Waals surface area contributed by atoms with Crippen molar-refractivity contribution in [2.24, 2.45) is 0 Å². The third-order valence-corrected chi connectivity index (χ3v) is 7.79. The number of para-hydroxylation sites is 1. The average Bonchev–Trinajstić information content (AvgIpc) is 3.29. The van der Waals surface area contributed by atoms with Crippen molar-refractivity contribution in [3.05, 3.63) is 101 Å². The van der Waals surface area contributed by atoms with Crippen LogP contribution in [0.3, 0.4) is 0 Å². The third kappa shape index (κ3) is 7.44. The van der Waals surface area contributed by atoms with Gasteiger partial charge in [0.05, 0.1) is 46.2 Å². The van der Waals surface area contributed by atoms with Gasteiger partial charge in [0.25, 0.3) is 0 Å². The lowest BCUT2D eigenvalue weighted by Gasteiger charge is -2.25. The van der Waals surface area contributed by atoms with Gasteiger partial charge < -0.3 is 9.47 Å². The van der Waals surface area contributed by atoms with E-state index in [4.69, 9.17) is 14.6 Å². The Bertz CT molecular complexity index is 1470. The Morgan fingerprint density at radius 2 is 1.57 bits per heavy atom. The van der Waals surface area contributed by atoms with Gasteiger partial charge in [0, 0.05) is 5.39 Å². The molecule has 1 heterocycles. The van der Waals surface area contributed by atoms with E-state index < -0.39 is 33.5 Å². The highest BCUT2D eigenvalue weighted by Crippen LogP contribution is 2.32. The number of rotatable bonds is 9. The van der Waals surface area contributed by atoms with Crippen LogP contribution in [-0.2, 0) is 33.5 Å². The van der Waals surface area contributed by atoms with Crippen LogP contribution in [-0.4, -0.2) is 37.0 Å². The van der Waals surface area contributed by atoms with Crippen LogP contribution in [0.5, 0.6) is 0 Å². The highest BCUT2D eigenvalue weighted by atomic mass is 32.2. The number of nitrogens with one attached hydrogen (secondary N) is 1. The van der Waals surface area contributed by atoms with Crippen molar-refractivity contribution in [2.75, 3.05) is 6.61 Å². The summed E-state index contributed by atoms with van der Waals surface area (Å²) in [6.07, 6.45) is 0.0989. The molecule has 4 aromatic rings. The minimum Gasteiger partial charge on any atom is -0.442 e. The van der Waals surface area contributed by atoms with Gasteiger partial charge in [-0.25, -0.2) is 13.7 Å². The zero-order valence-electron chi connectivity index (χ0n) is 24.1. The minimum absolute atomic E-state index is 0.518. The summed E-state index contributed by atoms with van der Waals surface area (Å²) in [5.41, 5.74) is 3.66. The molecule has 0 unspecified atom stereocenters. The average molecular weight is 562 g/mol. The number of aromatic nitrogens is 2. The Hall–Kier alpha value is -3.33. The van der Waals surface area contributed by atoms with Gasteiger partial charge in [-0.15, -0.1) is 0 Å². The fourth-order valence-corrected chi connectivity index (χ4v) is 5.09. The topological polar surface area (TPSA) is 82.5 Å². The van der Waals surface area contributed by atoms with Crippen LogP contribution in [0.4, 0.5) is 4.79 Å². The van der Waals surface area contributed by atoms with E-state index in [-0.39, 0.29) is 0 Å². The number of benzene rings is 3. The summed E-state index contributed by atoms with van der Waals surface area (Å²) in [6.45, 7) is 12.3. The fourth-order valence-electron chi connectivity index (χ4n) is 4.29. The molecule has 0 aliphatic rings. The largest absolute Gasteiger partial charge is 0.442 e. The van der Waals surface area contributed by atoms with E-state index in [1.165, 1.54) is 4.68 Å². The second-order valence-corrected chi connectivity index (χ2v) is 13.7. The van der Waals surface area contributed by atoms with Gasteiger partial charge in [0.15, 0.2) is 0 Å². The van der Waals surface area contributed by atoms with Crippen LogP contribution >= 0.6 is 0 Å². The van der Waals surface area contributed by atoms with Crippen LogP contribution in [0.1, 0.15) is 70.0 Å². The van der Waals surface area contributed by atoms with Crippen molar-refractivity contribution in [1.82, 2.24) is 14.5 Å². The van der Waals surface area contributed by atoms with E-state index >= 15 is 0 Å². The summed E-state index contributed by atoms with van der Waals surface area (Å²) in [5, 5.41) is 5.56. The molecule has 8 heteroatoms. The summed E-state index contributed by atoms with van der Waals surface area (Å²) in [5.74, 6) is 0. The Morgan fingerprint density at radius 1 is 0.925 bits per heavy atom. The molecule has 2 atom stereocenters. The van der Waals surface area contributed by atoms with Gasteiger partial charge in [-0.05, 0) is 70.7 Å². The second-order valence-electron chi connectivity index (χ2n) is 11.7. The van der Waals surface area contributed by atoms with E-state index in [0.717, 1.165) is 22.1 Å². The Morgan fingerprint density at radius 3 is 2.27 bits per heavy atom. The Balaban J connectivity index is 1.72. The van der Waals surface area contributed by atoms with Crippen LogP contribution < -0.4 is 4.72 Å².